The van der Waals surface area contributed by atoms with Gasteiger partial charge in [-0.15, -0.1) is 11.3 Å². The largest absolute Gasteiger partial charge is 0.468 e. The van der Waals surface area contributed by atoms with Crippen molar-refractivity contribution < 1.29 is 9.21 Å². The first-order valence-corrected chi connectivity index (χ1v) is 8.77. The van der Waals surface area contributed by atoms with E-state index < -0.39 is 0 Å². The predicted octanol–water partition coefficient (Wildman–Crippen LogP) is 3.23. The molecule has 1 aliphatic rings. The molecule has 22 heavy (non-hydrogen) atoms. The van der Waals surface area contributed by atoms with Gasteiger partial charge in [0.15, 0.2) is 0 Å². The van der Waals surface area contributed by atoms with Crippen LogP contribution in [0.25, 0.3) is 0 Å². The van der Waals surface area contributed by atoms with Gasteiger partial charge in [-0.25, -0.2) is 0 Å². The van der Waals surface area contributed by atoms with E-state index in [1.54, 1.807) is 17.6 Å². The lowest BCUT2D eigenvalue weighted by atomic mass is 10.1. The van der Waals surface area contributed by atoms with Gasteiger partial charge in [-0.3, -0.25) is 9.69 Å². The monoisotopic (exact) mass is 318 g/mol. The first-order valence-electron chi connectivity index (χ1n) is 7.89. The van der Waals surface area contributed by atoms with Crippen molar-refractivity contribution in [1.29, 1.82) is 0 Å². The van der Waals surface area contributed by atoms with Crippen molar-refractivity contribution in [2.45, 2.75) is 31.7 Å². The molecule has 3 heterocycles. The number of piperidine rings is 1. The number of nitrogens with one attached hydrogen (secondary N) is 1. The summed E-state index contributed by atoms with van der Waals surface area (Å²) in [5.74, 6) is 1.02. The van der Waals surface area contributed by atoms with Crippen LogP contribution in [-0.2, 0) is 11.2 Å². The Morgan fingerprint density at radius 1 is 1.27 bits per heavy atom. The second-order valence-electron chi connectivity index (χ2n) is 5.69. The lowest BCUT2D eigenvalue weighted by molar-refractivity contribution is -0.120. The number of nitrogens with zero attached hydrogens (tertiary/aromatic N) is 1. The van der Waals surface area contributed by atoms with E-state index in [0.717, 1.165) is 23.7 Å². The SMILES string of the molecule is O=C(Cc1cccs1)NCC(c1ccco1)N1CCCCC1. The summed E-state index contributed by atoms with van der Waals surface area (Å²) in [7, 11) is 0. The number of carbonyl (C=O) groups is 1. The van der Waals surface area contributed by atoms with Crippen LogP contribution in [0.2, 0.25) is 0 Å². The van der Waals surface area contributed by atoms with E-state index in [1.807, 2.05) is 29.6 Å². The zero-order valence-electron chi connectivity index (χ0n) is 12.7. The van der Waals surface area contributed by atoms with Crippen LogP contribution in [0.3, 0.4) is 0 Å². The Bertz CT molecular complexity index is 560. The van der Waals surface area contributed by atoms with Crippen LogP contribution in [0.4, 0.5) is 0 Å². The minimum Gasteiger partial charge on any atom is -0.468 e. The Hall–Kier alpha value is -1.59. The quantitative estimate of drug-likeness (QED) is 0.889. The smallest absolute Gasteiger partial charge is 0.225 e. The number of furan rings is 1. The third-order valence-corrected chi connectivity index (χ3v) is 4.99. The molecule has 0 aromatic carbocycles. The van der Waals surface area contributed by atoms with Crippen molar-refractivity contribution in [2.75, 3.05) is 19.6 Å². The Morgan fingerprint density at radius 2 is 2.14 bits per heavy atom. The average molecular weight is 318 g/mol. The lowest BCUT2D eigenvalue weighted by Crippen LogP contribution is -2.40. The van der Waals surface area contributed by atoms with E-state index in [9.17, 15) is 4.79 Å². The molecule has 5 heteroatoms. The second-order valence-corrected chi connectivity index (χ2v) is 6.72. The van der Waals surface area contributed by atoms with Crippen LogP contribution >= 0.6 is 11.3 Å². The lowest BCUT2D eigenvalue weighted by Gasteiger charge is -2.33. The molecule has 1 atom stereocenters. The third kappa shape index (κ3) is 3.99. The third-order valence-electron chi connectivity index (χ3n) is 4.11. The maximum absolute atomic E-state index is 12.1. The van der Waals surface area contributed by atoms with Crippen molar-refractivity contribution in [2.24, 2.45) is 0 Å². The van der Waals surface area contributed by atoms with Crippen molar-refractivity contribution in [3.05, 3.63) is 46.5 Å². The van der Waals surface area contributed by atoms with Gasteiger partial charge in [-0.2, -0.15) is 0 Å². The average Bonchev–Trinajstić information content (AvgIpc) is 3.22. The molecular formula is C17H22N2O2S. The summed E-state index contributed by atoms with van der Waals surface area (Å²) in [5, 5.41) is 5.07. The summed E-state index contributed by atoms with van der Waals surface area (Å²) in [6, 6.07) is 8.04. The van der Waals surface area contributed by atoms with Gasteiger partial charge in [0, 0.05) is 11.4 Å². The van der Waals surface area contributed by atoms with Gasteiger partial charge >= 0.3 is 0 Å². The van der Waals surface area contributed by atoms with Crippen LogP contribution in [0.5, 0.6) is 0 Å². The van der Waals surface area contributed by atoms with Gasteiger partial charge in [-0.1, -0.05) is 12.5 Å². The Morgan fingerprint density at radius 3 is 2.82 bits per heavy atom. The number of likely N-dealkylation sites (tertiary alicyclic amines) is 1. The van der Waals surface area contributed by atoms with Gasteiger partial charge in [-0.05, 0) is 49.5 Å². The molecule has 2 aromatic heterocycles. The minimum atomic E-state index is 0.0796. The standard InChI is InChI=1S/C17H22N2O2S/c20-17(12-14-6-5-11-22-14)18-13-15(16-7-4-10-21-16)19-8-2-1-3-9-19/h4-7,10-11,15H,1-3,8-9,12-13H2,(H,18,20). The van der Waals surface area contributed by atoms with Crippen molar-refractivity contribution >= 4 is 17.2 Å². The van der Waals surface area contributed by atoms with Gasteiger partial charge in [0.2, 0.25) is 5.91 Å². The summed E-state index contributed by atoms with van der Waals surface area (Å²) in [6.07, 6.45) is 5.91. The summed E-state index contributed by atoms with van der Waals surface area (Å²) >= 11 is 1.62. The van der Waals surface area contributed by atoms with Crippen LogP contribution in [0, 0.1) is 0 Å². The molecule has 1 aliphatic heterocycles. The number of carbonyl (C=O) groups excluding carboxylic acids is 1. The summed E-state index contributed by atoms with van der Waals surface area (Å²) < 4.78 is 5.60. The molecule has 0 spiro atoms. The molecule has 118 valence electrons. The van der Waals surface area contributed by atoms with Crippen molar-refractivity contribution in [1.82, 2.24) is 10.2 Å². The van der Waals surface area contributed by atoms with Gasteiger partial charge in [0.1, 0.15) is 5.76 Å². The molecule has 0 radical (unpaired) electrons. The fraction of sp³-hybridized carbons (Fsp3) is 0.471. The molecule has 2 aromatic rings. The number of hydrogen-bond acceptors (Lipinski definition) is 4. The highest BCUT2D eigenvalue weighted by Gasteiger charge is 2.24. The minimum absolute atomic E-state index is 0.0796. The van der Waals surface area contributed by atoms with E-state index in [1.165, 1.54) is 19.3 Å². The van der Waals surface area contributed by atoms with Crippen LogP contribution in [0.15, 0.2) is 40.3 Å². The van der Waals surface area contributed by atoms with E-state index in [0.29, 0.717) is 13.0 Å². The molecule has 1 saturated heterocycles. The van der Waals surface area contributed by atoms with Crippen molar-refractivity contribution in [3.63, 3.8) is 0 Å². The maximum atomic E-state index is 12.1. The molecule has 0 aliphatic carbocycles. The summed E-state index contributed by atoms with van der Waals surface area (Å²) in [4.78, 5) is 15.6. The highest BCUT2D eigenvalue weighted by Crippen LogP contribution is 2.24. The van der Waals surface area contributed by atoms with Crippen LogP contribution in [-0.4, -0.2) is 30.4 Å². The first-order chi connectivity index (χ1) is 10.8. The number of amides is 1. The van der Waals surface area contributed by atoms with Gasteiger partial charge in [0.25, 0.3) is 0 Å². The topological polar surface area (TPSA) is 45.5 Å². The molecule has 1 amide bonds. The molecule has 1 fully saturated rings. The van der Waals surface area contributed by atoms with E-state index in [2.05, 4.69) is 10.2 Å². The highest BCUT2D eigenvalue weighted by molar-refractivity contribution is 7.10. The molecule has 0 bridgehead atoms. The zero-order valence-corrected chi connectivity index (χ0v) is 13.5. The van der Waals surface area contributed by atoms with Crippen LogP contribution < -0.4 is 5.32 Å². The van der Waals surface area contributed by atoms with Gasteiger partial charge in [0.05, 0.1) is 18.7 Å². The first kappa shape index (κ1) is 15.3. The molecule has 4 nitrogen and oxygen atoms in total. The fourth-order valence-electron chi connectivity index (χ4n) is 2.96. The van der Waals surface area contributed by atoms with E-state index in [4.69, 9.17) is 4.42 Å². The predicted molar refractivity (Wildman–Crippen MR) is 87.9 cm³/mol. The Kier molecular flexibility index (Phi) is 5.29. The molecule has 0 saturated carbocycles. The van der Waals surface area contributed by atoms with Gasteiger partial charge < -0.3 is 9.73 Å². The second kappa shape index (κ2) is 7.61. The maximum Gasteiger partial charge on any atom is 0.225 e. The van der Waals surface area contributed by atoms with Crippen molar-refractivity contribution in [3.8, 4) is 0 Å². The normalized spacial score (nSPS) is 17.3. The number of thiophene rings is 1. The number of rotatable bonds is 6. The van der Waals surface area contributed by atoms with Crippen LogP contribution in [0.1, 0.15) is 35.9 Å². The Labute approximate surface area is 135 Å². The van der Waals surface area contributed by atoms with E-state index in [-0.39, 0.29) is 11.9 Å². The van der Waals surface area contributed by atoms with E-state index >= 15 is 0 Å². The Balaban J connectivity index is 1.59. The highest BCUT2D eigenvalue weighted by atomic mass is 32.1. The fourth-order valence-corrected chi connectivity index (χ4v) is 3.67. The number of hydrogen-bond donors (Lipinski definition) is 1. The zero-order chi connectivity index (χ0) is 15.2. The summed E-state index contributed by atoms with van der Waals surface area (Å²) in [6.45, 7) is 2.76. The molecule has 1 N–H and O–H groups in total. The molecular weight excluding hydrogens is 296 g/mol. The molecule has 3 rings (SSSR count). The molecule has 1 unspecified atom stereocenters. The summed E-state index contributed by atoms with van der Waals surface area (Å²) in [5.41, 5.74) is 0.